The van der Waals surface area contributed by atoms with Gasteiger partial charge in [0.2, 0.25) is 0 Å². The van der Waals surface area contributed by atoms with E-state index in [0.717, 1.165) is 0 Å². The first-order valence-electron chi connectivity index (χ1n) is 8.39. The number of carbonyl (C=O) groups excluding carboxylic acids is 1. The van der Waals surface area contributed by atoms with Crippen LogP contribution in [0.25, 0.3) is 16.5 Å². The van der Waals surface area contributed by atoms with Gasteiger partial charge in [0.25, 0.3) is 11.5 Å². The van der Waals surface area contributed by atoms with Crippen molar-refractivity contribution in [2.75, 3.05) is 5.32 Å². The zero-order valence-electron chi connectivity index (χ0n) is 14.4. The third kappa shape index (κ3) is 3.26. The Hall–Kier alpha value is -3.15. The van der Waals surface area contributed by atoms with Crippen LogP contribution in [0.1, 0.15) is 10.5 Å². The fourth-order valence-electron chi connectivity index (χ4n) is 2.88. The van der Waals surface area contributed by atoms with Crippen molar-refractivity contribution in [1.82, 2.24) is 9.78 Å². The summed E-state index contributed by atoms with van der Waals surface area (Å²) in [4.78, 5) is 25.9. The summed E-state index contributed by atoms with van der Waals surface area (Å²) in [5.41, 5.74) is 0.727. The Bertz CT molecular complexity index is 1250. The third-order valence-corrected chi connectivity index (χ3v) is 5.04. The Balaban J connectivity index is 1.88. The number of hydrogen-bond donors (Lipinski definition) is 1. The zero-order valence-corrected chi connectivity index (χ0v) is 15.9. The third-order valence-electron chi connectivity index (χ3n) is 4.22. The molecule has 138 valence electrons. The van der Waals surface area contributed by atoms with Crippen molar-refractivity contribution in [1.29, 1.82) is 0 Å². The van der Waals surface area contributed by atoms with E-state index in [9.17, 15) is 9.59 Å². The van der Waals surface area contributed by atoms with E-state index in [1.54, 1.807) is 66.7 Å². The van der Waals surface area contributed by atoms with E-state index in [1.807, 2.05) is 6.07 Å². The summed E-state index contributed by atoms with van der Waals surface area (Å²) < 4.78 is 1.22. The monoisotopic (exact) mass is 409 g/mol. The van der Waals surface area contributed by atoms with Gasteiger partial charge in [0.15, 0.2) is 5.69 Å². The van der Waals surface area contributed by atoms with E-state index < -0.39 is 5.91 Å². The number of benzene rings is 3. The van der Waals surface area contributed by atoms with Crippen LogP contribution in [0, 0.1) is 0 Å². The molecule has 3 aromatic carbocycles. The Morgan fingerprint density at radius 2 is 1.54 bits per heavy atom. The van der Waals surface area contributed by atoms with Crippen molar-refractivity contribution >= 4 is 45.6 Å². The molecular formula is C21H13Cl2N3O2. The predicted octanol–water partition coefficient (Wildman–Crippen LogP) is 4.94. The van der Waals surface area contributed by atoms with Crippen LogP contribution in [0.4, 0.5) is 5.69 Å². The smallest absolute Gasteiger partial charge is 0.279 e. The summed E-state index contributed by atoms with van der Waals surface area (Å²) in [6.45, 7) is 0. The van der Waals surface area contributed by atoms with Crippen LogP contribution < -0.4 is 10.9 Å². The second-order valence-corrected chi connectivity index (χ2v) is 6.79. The Morgan fingerprint density at radius 1 is 0.857 bits per heavy atom. The van der Waals surface area contributed by atoms with Crippen LogP contribution in [-0.2, 0) is 0 Å². The Labute approximate surface area is 170 Å². The fraction of sp³-hybridized carbons (Fsp3) is 0. The lowest BCUT2D eigenvalue weighted by atomic mass is 10.1. The Morgan fingerprint density at radius 3 is 2.29 bits per heavy atom. The van der Waals surface area contributed by atoms with Crippen molar-refractivity contribution in [3.63, 3.8) is 0 Å². The predicted molar refractivity (Wildman–Crippen MR) is 112 cm³/mol. The molecular weight excluding hydrogens is 397 g/mol. The van der Waals surface area contributed by atoms with Gasteiger partial charge in [0, 0.05) is 5.39 Å². The zero-order chi connectivity index (χ0) is 19.7. The van der Waals surface area contributed by atoms with Crippen LogP contribution in [0.3, 0.4) is 0 Å². The number of rotatable bonds is 3. The summed E-state index contributed by atoms with van der Waals surface area (Å²) in [5.74, 6) is -0.495. The lowest BCUT2D eigenvalue weighted by Gasteiger charge is -2.12. The number of para-hydroxylation sites is 1. The molecule has 0 aliphatic heterocycles. The number of nitrogens with zero attached hydrogens (tertiary/aromatic N) is 2. The summed E-state index contributed by atoms with van der Waals surface area (Å²) in [6, 6.07) is 20.7. The van der Waals surface area contributed by atoms with Crippen LogP contribution in [0.5, 0.6) is 0 Å². The van der Waals surface area contributed by atoms with Gasteiger partial charge in [-0.25, -0.2) is 0 Å². The number of aromatic nitrogens is 2. The van der Waals surface area contributed by atoms with E-state index in [0.29, 0.717) is 27.2 Å². The van der Waals surface area contributed by atoms with Crippen molar-refractivity contribution in [3.05, 3.63) is 98.9 Å². The minimum Gasteiger partial charge on any atom is -0.319 e. The van der Waals surface area contributed by atoms with Crippen LogP contribution >= 0.6 is 23.2 Å². The molecule has 1 aromatic heterocycles. The number of carbonyl (C=O) groups is 1. The molecule has 0 aliphatic carbocycles. The highest BCUT2D eigenvalue weighted by Gasteiger charge is 2.18. The van der Waals surface area contributed by atoms with Crippen molar-refractivity contribution in [2.24, 2.45) is 0 Å². The van der Waals surface area contributed by atoms with E-state index in [1.165, 1.54) is 4.68 Å². The number of nitrogens with one attached hydrogen (secondary N) is 1. The molecule has 7 heteroatoms. The standard InChI is InChI=1S/C21H13Cl2N3O2/c22-16-11-6-12-17(18(16)23)24-20(27)19-14-9-4-5-10-15(14)21(28)26(25-19)13-7-2-1-3-8-13/h1-12H,(H,24,27). The first kappa shape index (κ1) is 18.2. The minimum absolute atomic E-state index is 0.107. The highest BCUT2D eigenvalue weighted by molar-refractivity contribution is 6.44. The van der Waals surface area contributed by atoms with Crippen LogP contribution in [-0.4, -0.2) is 15.7 Å². The molecule has 0 bridgehead atoms. The van der Waals surface area contributed by atoms with Gasteiger partial charge >= 0.3 is 0 Å². The Kier molecular flexibility index (Phi) is 4.86. The van der Waals surface area contributed by atoms with Gasteiger partial charge in [0.1, 0.15) is 0 Å². The average molecular weight is 410 g/mol. The molecule has 28 heavy (non-hydrogen) atoms. The molecule has 1 amide bonds. The number of fused-ring (bicyclic) bond motifs is 1. The number of hydrogen-bond acceptors (Lipinski definition) is 3. The van der Waals surface area contributed by atoms with Gasteiger partial charge in [-0.1, -0.05) is 65.7 Å². The normalized spacial score (nSPS) is 10.8. The first-order valence-corrected chi connectivity index (χ1v) is 9.15. The van der Waals surface area contributed by atoms with E-state index in [2.05, 4.69) is 10.4 Å². The molecule has 4 rings (SSSR count). The topological polar surface area (TPSA) is 64.0 Å². The molecule has 0 aliphatic rings. The molecule has 5 nitrogen and oxygen atoms in total. The number of amides is 1. The van der Waals surface area contributed by atoms with Gasteiger partial charge in [-0.05, 0) is 30.3 Å². The first-order chi connectivity index (χ1) is 13.6. The molecule has 1 N–H and O–H groups in total. The van der Waals surface area contributed by atoms with Gasteiger partial charge in [-0.15, -0.1) is 0 Å². The largest absolute Gasteiger partial charge is 0.319 e. The summed E-state index contributed by atoms with van der Waals surface area (Å²) >= 11 is 12.2. The van der Waals surface area contributed by atoms with Crippen molar-refractivity contribution in [3.8, 4) is 5.69 Å². The summed E-state index contributed by atoms with van der Waals surface area (Å²) in [5, 5.41) is 8.47. The molecule has 0 atom stereocenters. The maximum Gasteiger partial charge on any atom is 0.279 e. The second kappa shape index (κ2) is 7.46. The van der Waals surface area contributed by atoms with Crippen molar-refractivity contribution in [2.45, 2.75) is 0 Å². The molecule has 0 saturated carbocycles. The molecule has 0 unspecified atom stereocenters. The van der Waals surface area contributed by atoms with Crippen LogP contribution in [0.2, 0.25) is 10.0 Å². The molecule has 0 saturated heterocycles. The van der Waals surface area contributed by atoms with Gasteiger partial charge in [-0.3, -0.25) is 9.59 Å². The van der Waals surface area contributed by atoms with E-state index in [4.69, 9.17) is 23.2 Å². The minimum atomic E-state index is -0.495. The summed E-state index contributed by atoms with van der Waals surface area (Å²) in [7, 11) is 0. The molecule has 0 spiro atoms. The second-order valence-electron chi connectivity index (χ2n) is 6.00. The quantitative estimate of drug-likeness (QED) is 0.520. The lowest BCUT2D eigenvalue weighted by molar-refractivity contribution is 0.102. The lowest BCUT2D eigenvalue weighted by Crippen LogP contribution is -2.26. The fourth-order valence-corrected chi connectivity index (χ4v) is 3.23. The highest BCUT2D eigenvalue weighted by Crippen LogP contribution is 2.30. The van der Waals surface area contributed by atoms with E-state index >= 15 is 0 Å². The van der Waals surface area contributed by atoms with Gasteiger partial charge in [-0.2, -0.15) is 9.78 Å². The maximum atomic E-state index is 13.0. The van der Waals surface area contributed by atoms with Gasteiger partial charge in [0.05, 0.1) is 26.8 Å². The summed E-state index contributed by atoms with van der Waals surface area (Å²) in [6.07, 6.45) is 0. The van der Waals surface area contributed by atoms with Gasteiger partial charge < -0.3 is 5.32 Å². The number of anilines is 1. The SMILES string of the molecule is O=C(Nc1cccc(Cl)c1Cl)c1nn(-c2ccccc2)c(=O)c2ccccc12. The highest BCUT2D eigenvalue weighted by atomic mass is 35.5. The van der Waals surface area contributed by atoms with E-state index in [-0.39, 0.29) is 16.3 Å². The maximum absolute atomic E-state index is 13.0. The molecule has 0 radical (unpaired) electrons. The number of halogens is 2. The molecule has 1 heterocycles. The molecule has 0 fully saturated rings. The van der Waals surface area contributed by atoms with Crippen LogP contribution in [0.15, 0.2) is 77.6 Å². The van der Waals surface area contributed by atoms with Crippen molar-refractivity contribution < 1.29 is 4.79 Å². The molecule has 4 aromatic rings. The average Bonchev–Trinajstić information content (AvgIpc) is 2.72.